The van der Waals surface area contributed by atoms with Crippen LogP contribution in [0.2, 0.25) is 0 Å². The summed E-state index contributed by atoms with van der Waals surface area (Å²) in [5, 5.41) is 10.2. The summed E-state index contributed by atoms with van der Waals surface area (Å²) in [5.74, 6) is -1.50. The molecule has 0 heterocycles. The number of nitriles is 1. The van der Waals surface area contributed by atoms with E-state index in [0.717, 1.165) is 57.7 Å². The van der Waals surface area contributed by atoms with Crippen molar-refractivity contribution in [2.45, 2.75) is 50.4 Å². The highest BCUT2D eigenvalue weighted by Gasteiger charge is 2.42. The van der Waals surface area contributed by atoms with Gasteiger partial charge in [0.25, 0.3) is 0 Å². The van der Waals surface area contributed by atoms with Gasteiger partial charge in [0.15, 0.2) is 11.6 Å². The Labute approximate surface area is 173 Å². The summed E-state index contributed by atoms with van der Waals surface area (Å²) >= 11 is 0. The fourth-order valence-corrected chi connectivity index (χ4v) is 4.69. The molecule has 2 aromatic carbocycles. The van der Waals surface area contributed by atoms with E-state index in [1.54, 1.807) is 6.07 Å². The average Bonchev–Trinajstić information content (AvgIpc) is 3.28. The van der Waals surface area contributed by atoms with Gasteiger partial charge in [0, 0.05) is 6.54 Å². The fraction of sp³-hybridized carbons (Fsp3) is 0.480. The highest BCUT2D eigenvalue weighted by molar-refractivity contribution is 5.35. The van der Waals surface area contributed by atoms with Crippen LogP contribution >= 0.6 is 0 Å². The maximum absolute atomic E-state index is 14.0. The van der Waals surface area contributed by atoms with Crippen LogP contribution in [0.4, 0.5) is 8.78 Å². The van der Waals surface area contributed by atoms with Crippen LogP contribution in [0.1, 0.15) is 49.7 Å². The van der Waals surface area contributed by atoms with Crippen LogP contribution in [0.25, 0.3) is 0 Å². The molecule has 0 N–H and O–H groups in total. The van der Waals surface area contributed by atoms with Crippen LogP contribution < -0.4 is 0 Å². The van der Waals surface area contributed by atoms with Gasteiger partial charge in [-0.3, -0.25) is 0 Å². The maximum Gasteiger partial charge on any atom is 0.159 e. The van der Waals surface area contributed by atoms with Gasteiger partial charge in [-0.1, -0.05) is 49.2 Å². The third-order valence-electron chi connectivity index (χ3n) is 6.42. The van der Waals surface area contributed by atoms with E-state index in [0.29, 0.717) is 12.0 Å². The van der Waals surface area contributed by atoms with Crippen LogP contribution in [0.5, 0.6) is 0 Å². The summed E-state index contributed by atoms with van der Waals surface area (Å²) in [6.07, 6.45) is 6.70. The van der Waals surface area contributed by atoms with E-state index in [1.807, 2.05) is 6.07 Å². The molecule has 0 bridgehead atoms. The lowest BCUT2D eigenvalue weighted by Crippen LogP contribution is -2.34. The maximum atomic E-state index is 14.0. The second kappa shape index (κ2) is 9.98. The Morgan fingerprint density at radius 1 is 1.03 bits per heavy atom. The van der Waals surface area contributed by atoms with Crippen molar-refractivity contribution in [2.75, 3.05) is 20.1 Å². The number of nitrogens with zero attached hydrogens (tertiary/aromatic N) is 2. The Bertz CT molecular complexity index is 824. The molecule has 0 spiro atoms. The summed E-state index contributed by atoms with van der Waals surface area (Å²) < 4.78 is 27.4. The van der Waals surface area contributed by atoms with E-state index >= 15 is 0 Å². The van der Waals surface area contributed by atoms with Crippen molar-refractivity contribution in [1.82, 2.24) is 4.90 Å². The van der Waals surface area contributed by atoms with E-state index in [1.165, 1.54) is 11.6 Å². The minimum absolute atomic E-state index is 0.215. The molecule has 154 valence electrons. The van der Waals surface area contributed by atoms with Crippen molar-refractivity contribution in [3.63, 3.8) is 0 Å². The van der Waals surface area contributed by atoms with Crippen molar-refractivity contribution in [3.8, 4) is 6.07 Å². The number of rotatable bonds is 9. The van der Waals surface area contributed by atoms with Crippen LogP contribution in [0, 0.1) is 28.9 Å². The summed E-state index contributed by atoms with van der Waals surface area (Å²) in [7, 11) is 2.10. The molecule has 3 rings (SSSR count). The summed E-state index contributed by atoms with van der Waals surface area (Å²) in [6, 6.07) is 17.0. The van der Waals surface area contributed by atoms with Crippen molar-refractivity contribution < 1.29 is 8.78 Å². The minimum Gasteiger partial charge on any atom is -0.306 e. The molecular weight excluding hydrogens is 366 g/mol. The van der Waals surface area contributed by atoms with Gasteiger partial charge in [-0.2, -0.15) is 5.26 Å². The Kier molecular flexibility index (Phi) is 7.39. The second-order valence-electron chi connectivity index (χ2n) is 8.34. The van der Waals surface area contributed by atoms with Crippen molar-refractivity contribution in [3.05, 3.63) is 71.3 Å². The zero-order valence-corrected chi connectivity index (χ0v) is 17.2. The molecule has 2 aromatic rings. The van der Waals surface area contributed by atoms with Gasteiger partial charge in [0.05, 0.1) is 11.5 Å². The van der Waals surface area contributed by atoms with Gasteiger partial charge in [-0.15, -0.1) is 0 Å². The number of halogens is 2. The first-order valence-electron chi connectivity index (χ1n) is 10.6. The van der Waals surface area contributed by atoms with E-state index in [4.69, 9.17) is 0 Å². The molecule has 2 nitrogen and oxygen atoms in total. The third-order valence-corrected chi connectivity index (χ3v) is 6.42. The molecule has 0 aromatic heterocycles. The van der Waals surface area contributed by atoms with Crippen LogP contribution in [-0.2, 0) is 11.8 Å². The van der Waals surface area contributed by atoms with Crippen molar-refractivity contribution >= 4 is 0 Å². The highest BCUT2D eigenvalue weighted by Crippen LogP contribution is 2.45. The van der Waals surface area contributed by atoms with Gasteiger partial charge in [0.1, 0.15) is 0 Å². The molecule has 1 saturated carbocycles. The molecule has 1 fully saturated rings. The van der Waals surface area contributed by atoms with E-state index < -0.39 is 17.0 Å². The lowest BCUT2D eigenvalue weighted by Gasteiger charge is -2.34. The summed E-state index contributed by atoms with van der Waals surface area (Å²) in [4.78, 5) is 2.29. The molecule has 4 heteroatoms. The molecule has 1 aliphatic carbocycles. The zero-order chi connectivity index (χ0) is 20.7. The lowest BCUT2D eigenvalue weighted by atomic mass is 9.67. The molecule has 29 heavy (non-hydrogen) atoms. The number of likely N-dealkylation sites (N-methyl/N-ethyl adjacent to an activating group) is 1. The Morgan fingerprint density at radius 3 is 2.41 bits per heavy atom. The number of benzene rings is 2. The van der Waals surface area contributed by atoms with Crippen LogP contribution in [0.15, 0.2) is 48.5 Å². The van der Waals surface area contributed by atoms with Gasteiger partial charge in [-0.25, -0.2) is 8.78 Å². The molecule has 0 radical (unpaired) electrons. The van der Waals surface area contributed by atoms with Gasteiger partial charge >= 0.3 is 0 Å². The van der Waals surface area contributed by atoms with E-state index in [-0.39, 0.29) is 5.92 Å². The largest absolute Gasteiger partial charge is 0.306 e. The zero-order valence-electron chi connectivity index (χ0n) is 17.2. The Hall–Kier alpha value is -2.25. The predicted molar refractivity (Wildman–Crippen MR) is 112 cm³/mol. The monoisotopic (exact) mass is 396 g/mol. The standard InChI is InChI=1S/C25H30F2N2/c1-29(17-14-20-8-3-2-4-9-20)16-7-15-25(19-28,21-10-5-6-11-21)22-12-13-23(26)24(27)18-22/h2-4,8-9,12-13,18,21H,5-7,10-11,14-17H2,1H3. The van der Waals surface area contributed by atoms with E-state index in [2.05, 4.69) is 42.3 Å². The molecule has 0 amide bonds. The van der Waals surface area contributed by atoms with Crippen LogP contribution in [0.3, 0.4) is 0 Å². The number of hydrogen-bond acceptors (Lipinski definition) is 2. The van der Waals surface area contributed by atoms with Crippen molar-refractivity contribution in [2.24, 2.45) is 5.92 Å². The van der Waals surface area contributed by atoms with E-state index in [9.17, 15) is 14.0 Å². The molecule has 1 unspecified atom stereocenters. The summed E-state index contributed by atoms with van der Waals surface area (Å²) in [6.45, 7) is 1.84. The smallest absolute Gasteiger partial charge is 0.159 e. The quantitative estimate of drug-likeness (QED) is 0.530. The normalized spacial score (nSPS) is 16.7. The Balaban J connectivity index is 1.65. The second-order valence-corrected chi connectivity index (χ2v) is 8.34. The predicted octanol–water partition coefficient (Wildman–Crippen LogP) is 5.87. The first-order valence-corrected chi connectivity index (χ1v) is 10.6. The van der Waals surface area contributed by atoms with Gasteiger partial charge < -0.3 is 4.90 Å². The molecule has 0 aliphatic heterocycles. The topological polar surface area (TPSA) is 27.0 Å². The highest BCUT2D eigenvalue weighted by atomic mass is 19.2. The third kappa shape index (κ3) is 5.22. The Morgan fingerprint density at radius 2 is 1.76 bits per heavy atom. The van der Waals surface area contributed by atoms with Crippen molar-refractivity contribution in [1.29, 1.82) is 5.26 Å². The summed E-state index contributed by atoms with van der Waals surface area (Å²) in [5.41, 5.74) is 1.22. The minimum atomic E-state index is -0.861. The lowest BCUT2D eigenvalue weighted by molar-refractivity contribution is 0.277. The average molecular weight is 397 g/mol. The molecule has 1 atom stereocenters. The SMILES string of the molecule is CN(CCCC(C#N)(c1ccc(F)c(F)c1)C1CCCC1)CCc1ccccc1. The molecule has 1 aliphatic rings. The first kappa shape index (κ1) is 21.5. The van der Waals surface area contributed by atoms with Crippen LogP contribution in [-0.4, -0.2) is 25.0 Å². The fourth-order valence-electron chi connectivity index (χ4n) is 4.69. The molecule has 0 saturated heterocycles. The first-order chi connectivity index (χ1) is 14.0. The van der Waals surface area contributed by atoms with Gasteiger partial charge in [-0.05, 0) is 74.9 Å². The number of hydrogen-bond donors (Lipinski definition) is 0. The molecular formula is C25H30F2N2. The van der Waals surface area contributed by atoms with Gasteiger partial charge in [0.2, 0.25) is 0 Å².